The van der Waals surface area contributed by atoms with Crippen LogP contribution in [0.15, 0.2) is 36.8 Å². The van der Waals surface area contributed by atoms with Crippen LogP contribution in [0.3, 0.4) is 0 Å². The van der Waals surface area contributed by atoms with Gasteiger partial charge in [-0.3, -0.25) is 14.3 Å². The van der Waals surface area contributed by atoms with Gasteiger partial charge in [0, 0.05) is 43.8 Å². The zero-order valence-corrected chi connectivity index (χ0v) is 13.3. The summed E-state index contributed by atoms with van der Waals surface area (Å²) >= 11 is 0. The third kappa shape index (κ3) is 2.75. The van der Waals surface area contributed by atoms with E-state index in [9.17, 15) is 14.0 Å². The molecule has 1 fully saturated rings. The summed E-state index contributed by atoms with van der Waals surface area (Å²) in [6, 6.07) is 4.31. The van der Waals surface area contributed by atoms with Gasteiger partial charge in [0.15, 0.2) is 5.54 Å². The van der Waals surface area contributed by atoms with Crippen molar-refractivity contribution in [1.82, 2.24) is 25.0 Å². The fourth-order valence-corrected chi connectivity index (χ4v) is 3.16. The Hall–Kier alpha value is -2.77. The number of carbonyl (C=O) groups is 2. The van der Waals surface area contributed by atoms with E-state index in [4.69, 9.17) is 0 Å². The largest absolute Gasteiger partial charge is 0.357 e. The Kier molecular flexibility index (Phi) is 4.28. The van der Waals surface area contributed by atoms with E-state index in [1.54, 1.807) is 35.1 Å². The van der Waals surface area contributed by atoms with E-state index in [-0.39, 0.29) is 23.9 Å². The van der Waals surface area contributed by atoms with Crippen LogP contribution in [0, 0.1) is 5.95 Å². The van der Waals surface area contributed by atoms with E-state index in [0.717, 1.165) is 6.07 Å². The van der Waals surface area contributed by atoms with Crippen molar-refractivity contribution in [3.8, 4) is 0 Å². The highest BCUT2D eigenvalue weighted by Gasteiger charge is 2.45. The number of amides is 2. The van der Waals surface area contributed by atoms with Crippen LogP contribution in [0.5, 0.6) is 0 Å². The van der Waals surface area contributed by atoms with Gasteiger partial charge in [-0.1, -0.05) is 0 Å². The highest BCUT2D eigenvalue weighted by molar-refractivity contribution is 5.95. The van der Waals surface area contributed by atoms with Crippen LogP contribution in [0.25, 0.3) is 0 Å². The number of nitrogens with one attached hydrogen (secondary N) is 1. The number of likely N-dealkylation sites (tertiary alicyclic amines) is 1. The Morgan fingerprint density at radius 2 is 2.21 bits per heavy atom. The van der Waals surface area contributed by atoms with Gasteiger partial charge in [-0.25, -0.2) is 4.98 Å². The van der Waals surface area contributed by atoms with Crippen LogP contribution in [0.4, 0.5) is 4.39 Å². The normalized spacial score (nSPS) is 20.7. The highest BCUT2D eigenvalue weighted by Crippen LogP contribution is 2.29. The highest BCUT2D eigenvalue weighted by atomic mass is 19.1. The number of aromatic nitrogens is 3. The summed E-state index contributed by atoms with van der Waals surface area (Å²) in [4.78, 5) is 30.3. The predicted molar refractivity (Wildman–Crippen MR) is 83.6 cm³/mol. The number of rotatable bonds is 3. The van der Waals surface area contributed by atoms with E-state index < -0.39 is 11.5 Å². The Morgan fingerprint density at radius 1 is 1.38 bits per heavy atom. The summed E-state index contributed by atoms with van der Waals surface area (Å²) < 4.78 is 14.9. The summed E-state index contributed by atoms with van der Waals surface area (Å²) in [6.07, 6.45) is 5.79. The van der Waals surface area contributed by atoms with Gasteiger partial charge in [0.2, 0.25) is 11.9 Å². The summed E-state index contributed by atoms with van der Waals surface area (Å²) in [5.41, 5.74) is -0.742. The molecule has 0 saturated carbocycles. The molecule has 1 atom stereocenters. The van der Waals surface area contributed by atoms with Gasteiger partial charge in [-0.05, 0) is 25.0 Å². The van der Waals surface area contributed by atoms with E-state index >= 15 is 0 Å². The summed E-state index contributed by atoms with van der Waals surface area (Å²) in [6.45, 7) is 0.680. The zero-order valence-electron chi connectivity index (χ0n) is 13.3. The van der Waals surface area contributed by atoms with Gasteiger partial charge >= 0.3 is 0 Å². The summed E-state index contributed by atoms with van der Waals surface area (Å²) in [5, 5.41) is 6.87. The van der Waals surface area contributed by atoms with Gasteiger partial charge in [-0.15, -0.1) is 0 Å². The first-order chi connectivity index (χ1) is 11.6. The van der Waals surface area contributed by atoms with Crippen molar-refractivity contribution < 1.29 is 14.0 Å². The van der Waals surface area contributed by atoms with Gasteiger partial charge in [0.05, 0.1) is 6.54 Å². The Morgan fingerprint density at radius 3 is 2.88 bits per heavy atom. The molecular formula is C16H18FN5O2. The minimum atomic E-state index is -0.961. The molecule has 3 rings (SSSR count). The van der Waals surface area contributed by atoms with Crippen LogP contribution in [-0.2, 0) is 10.3 Å². The van der Waals surface area contributed by atoms with Gasteiger partial charge in [-0.2, -0.15) is 9.49 Å². The monoisotopic (exact) mass is 331 g/mol. The van der Waals surface area contributed by atoms with E-state index in [2.05, 4.69) is 15.4 Å². The van der Waals surface area contributed by atoms with E-state index in [0.29, 0.717) is 19.4 Å². The lowest BCUT2D eigenvalue weighted by Crippen LogP contribution is -2.59. The SMILES string of the molecule is CNC(=O)C1(n2cccn2)CCCN(C(=O)c2ccnc(F)c2)C1. The predicted octanol–water partition coefficient (Wildman–Crippen LogP) is 0.795. The molecule has 1 aliphatic rings. The lowest BCUT2D eigenvalue weighted by Gasteiger charge is -2.41. The number of piperidine rings is 1. The molecule has 126 valence electrons. The zero-order chi connectivity index (χ0) is 17.2. The molecule has 0 aromatic carbocycles. The molecule has 2 amide bonds. The fraction of sp³-hybridized carbons (Fsp3) is 0.375. The molecule has 1 aliphatic heterocycles. The van der Waals surface area contributed by atoms with Gasteiger partial charge in [0.1, 0.15) is 0 Å². The molecule has 7 nitrogen and oxygen atoms in total. The first-order valence-electron chi connectivity index (χ1n) is 7.70. The molecule has 2 aromatic heterocycles. The molecule has 2 aromatic rings. The van der Waals surface area contributed by atoms with Crippen molar-refractivity contribution in [3.05, 3.63) is 48.3 Å². The molecule has 0 aliphatic carbocycles. The Bertz CT molecular complexity index is 749. The van der Waals surface area contributed by atoms with E-state index in [1.807, 2.05) is 0 Å². The maximum Gasteiger partial charge on any atom is 0.254 e. The quantitative estimate of drug-likeness (QED) is 0.844. The Labute approximate surface area is 138 Å². The van der Waals surface area contributed by atoms with Crippen molar-refractivity contribution in [2.24, 2.45) is 0 Å². The minimum Gasteiger partial charge on any atom is -0.357 e. The molecule has 1 saturated heterocycles. The smallest absolute Gasteiger partial charge is 0.254 e. The first kappa shape index (κ1) is 16.1. The van der Waals surface area contributed by atoms with Crippen LogP contribution in [0.2, 0.25) is 0 Å². The maximum absolute atomic E-state index is 13.3. The third-order valence-electron chi connectivity index (χ3n) is 4.32. The number of carbonyl (C=O) groups excluding carboxylic acids is 2. The maximum atomic E-state index is 13.3. The first-order valence-corrected chi connectivity index (χ1v) is 7.70. The average Bonchev–Trinajstić information content (AvgIpc) is 3.15. The molecular weight excluding hydrogens is 313 g/mol. The molecule has 3 heterocycles. The molecule has 0 radical (unpaired) electrons. The molecule has 8 heteroatoms. The fourth-order valence-electron chi connectivity index (χ4n) is 3.16. The van der Waals surface area contributed by atoms with Crippen molar-refractivity contribution in [1.29, 1.82) is 0 Å². The second-order valence-corrected chi connectivity index (χ2v) is 5.76. The van der Waals surface area contributed by atoms with Gasteiger partial charge in [0.25, 0.3) is 5.91 Å². The van der Waals surface area contributed by atoms with Gasteiger partial charge < -0.3 is 10.2 Å². The number of pyridine rings is 1. The molecule has 1 unspecified atom stereocenters. The third-order valence-corrected chi connectivity index (χ3v) is 4.32. The number of nitrogens with zero attached hydrogens (tertiary/aromatic N) is 4. The number of halogens is 1. The topological polar surface area (TPSA) is 80.1 Å². The summed E-state index contributed by atoms with van der Waals surface area (Å²) in [7, 11) is 1.56. The lowest BCUT2D eigenvalue weighted by atomic mass is 9.87. The lowest BCUT2D eigenvalue weighted by molar-refractivity contribution is -0.132. The number of likely N-dealkylation sites (N-methyl/N-ethyl adjacent to an activating group) is 1. The second-order valence-electron chi connectivity index (χ2n) is 5.76. The average molecular weight is 331 g/mol. The molecule has 0 spiro atoms. The van der Waals surface area contributed by atoms with E-state index in [1.165, 1.54) is 12.3 Å². The molecule has 0 bridgehead atoms. The van der Waals surface area contributed by atoms with Crippen molar-refractivity contribution in [3.63, 3.8) is 0 Å². The summed E-state index contributed by atoms with van der Waals surface area (Å²) in [5.74, 6) is -1.23. The van der Waals surface area contributed by atoms with Crippen LogP contribution < -0.4 is 5.32 Å². The molecule has 24 heavy (non-hydrogen) atoms. The second kappa shape index (κ2) is 6.38. The van der Waals surface area contributed by atoms with Crippen molar-refractivity contribution >= 4 is 11.8 Å². The minimum absolute atomic E-state index is 0.178. The standard InChI is InChI=1S/C16H18FN5O2/c1-18-15(24)16(22-9-3-6-20-22)5-2-8-21(11-16)14(23)12-4-7-19-13(17)10-12/h3-4,6-7,9-10H,2,5,8,11H2,1H3,(H,18,24). The number of hydrogen-bond donors (Lipinski definition) is 1. The van der Waals surface area contributed by atoms with Crippen molar-refractivity contribution in [2.75, 3.05) is 20.1 Å². The van der Waals surface area contributed by atoms with Crippen molar-refractivity contribution in [2.45, 2.75) is 18.4 Å². The molecule has 1 N–H and O–H groups in total. The van der Waals surface area contributed by atoms with Crippen LogP contribution in [0.1, 0.15) is 23.2 Å². The van der Waals surface area contributed by atoms with Crippen LogP contribution >= 0.6 is 0 Å². The number of hydrogen-bond acceptors (Lipinski definition) is 4. The Balaban J connectivity index is 1.92. The van der Waals surface area contributed by atoms with Crippen LogP contribution in [-0.4, -0.2) is 51.6 Å².